The number of hydrogen-bond donors (Lipinski definition) is 2. The minimum Gasteiger partial charge on any atom is -0.462 e. The van der Waals surface area contributed by atoms with E-state index in [0.717, 1.165) is 128 Å². The van der Waals surface area contributed by atoms with Gasteiger partial charge in [0.1, 0.15) is 12.7 Å². The quantitative estimate of drug-likeness (QED) is 0.0197. The number of allylic oxidation sites excluding steroid dienone is 19. The molecule has 74 heavy (non-hydrogen) atoms. The fourth-order valence-electron chi connectivity index (χ4n) is 7.12. The summed E-state index contributed by atoms with van der Waals surface area (Å²) in [5.41, 5.74) is 0. The molecule has 3 atom stereocenters. The topological polar surface area (TPSA) is 155 Å². The van der Waals surface area contributed by atoms with E-state index < -0.39 is 57.8 Å². The van der Waals surface area contributed by atoms with E-state index in [4.69, 9.17) is 23.3 Å². The van der Waals surface area contributed by atoms with Crippen LogP contribution in [-0.4, -0.2) is 66.5 Å². The van der Waals surface area contributed by atoms with Gasteiger partial charge in [-0.25, -0.2) is 4.57 Å². The van der Waals surface area contributed by atoms with Gasteiger partial charge in [-0.15, -0.1) is 0 Å². The predicted octanol–water partition coefficient (Wildman–Crippen LogP) is 16.8. The second kappa shape index (κ2) is 55.1. The molecule has 3 unspecified atom stereocenters. The van der Waals surface area contributed by atoms with Crippen LogP contribution < -0.4 is 0 Å². The Balaban J connectivity index is 4.85. The molecule has 0 aromatic rings. The fraction of sp³-hybridized carbons (Fsp3) is 0.629. The van der Waals surface area contributed by atoms with Crippen molar-refractivity contribution in [3.05, 3.63) is 122 Å². The SMILES string of the molecule is CC/C=C\C/C=C\C/C=C\C/C=C\C/C=C\CC(=O)OC(CO)COP(=O)(O)OCC(COC(=O)CCCCCCC/C=C\CCCCCC)OC(=O)CCCCCCCC/C=C\C/C=C\C/C=C\C/C=C\CC. The van der Waals surface area contributed by atoms with Crippen molar-refractivity contribution >= 4 is 25.7 Å². The molecule has 0 bridgehead atoms. The van der Waals surface area contributed by atoms with Crippen LogP contribution in [0.3, 0.4) is 0 Å². The van der Waals surface area contributed by atoms with Gasteiger partial charge in [-0.1, -0.05) is 206 Å². The van der Waals surface area contributed by atoms with Crippen LogP contribution >= 0.6 is 7.82 Å². The van der Waals surface area contributed by atoms with E-state index >= 15 is 0 Å². The summed E-state index contributed by atoms with van der Waals surface area (Å²) in [5.74, 6) is -1.64. The highest BCUT2D eigenvalue weighted by atomic mass is 31.2. The number of phosphoric acid groups is 1. The average Bonchev–Trinajstić information content (AvgIpc) is 3.39. The van der Waals surface area contributed by atoms with Crippen LogP contribution in [0.5, 0.6) is 0 Å². The summed E-state index contributed by atoms with van der Waals surface area (Å²) >= 11 is 0. The van der Waals surface area contributed by atoms with E-state index in [1.165, 1.54) is 25.7 Å². The molecule has 0 aliphatic rings. The molecule has 0 rings (SSSR count). The Morgan fingerprint density at radius 2 is 0.757 bits per heavy atom. The molecule has 0 aromatic heterocycles. The maximum absolute atomic E-state index is 12.9. The first-order valence-corrected chi connectivity index (χ1v) is 29.9. The molecule has 420 valence electrons. The summed E-state index contributed by atoms with van der Waals surface area (Å²) in [6.07, 6.45) is 67.6. The number of hydrogen-bond acceptors (Lipinski definition) is 10. The van der Waals surface area contributed by atoms with Crippen molar-refractivity contribution in [3.8, 4) is 0 Å². The Labute approximate surface area is 449 Å². The summed E-state index contributed by atoms with van der Waals surface area (Å²) in [6, 6.07) is 0. The average molecular weight is 1050 g/mol. The zero-order chi connectivity index (χ0) is 54.1. The number of ether oxygens (including phenoxy) is 3. The Morgan fingerprint density at radius 1 is 0.405 bits per heavy atom. The summed E-state index contributed by atoms with van der Waals surface area (Å²) in [6.45, 7) is 4.25. The maximum Gasteiger partial charge on any atom is 0.472 e. The molecule has 0 saturated carbocycles. The minimum absolute atomic E-state index is 0.0620. The Hall–Kier alpha value is -4.12. The zero-order valence-corrected chi connectivity index (χ0v) is 47.2. The molecule has 0 aromatic carbocycles. The number of rotatable bonds is 51. The monoisotopic (exact) mass is 1050 g/mol. The highest BCUT2D eigenvalue weighted by molar-refractivity contribution is 7.47. The molecule has 11 nitrogen and oxygen atoms in total. The lowest BCUT2D eigenvalue weighted by Gasteiger charge is -2.21. The van der Waals surface area contributed by atoms with E-state index in [0.29, 0.717) is 19.3 Å². The van der Waals surface area contributed by atoms with Gasteiger partial charge in [-0.3, -0.25) is 23.4 Å². The molecular formula is C62H101O11P. The van der Waals surface area contributed by atoms with Crippen LogP contribution in [0.25, 0.3) is 0 Å². The lowest BCUT2D eigenvalue weighted by molar-refractivity contribution is -0.161. The zero-order valence-electron chi connectivity index (χ0n) is 46.3. The summed E-state index contributed by atoms with van der Waals surface area (Å²) in [7, 11) is -4.78. The molecular weight excluding hydrogens is 952 g/mol. The number of phosphoric ester groups is 1. The molecule has 0 saturated heterocycles. The first-order valence-electron chi connectivity index (χ1n) is 28.4. The number of aliphatic hydroxyl groups excluding tert-OH is 1. The second-order valence-electron chi connectivity index (χ2n) is 18.3. The van der Waals surface area contributed by atoms with Gasteiger partial charge in [-0.05, 0) is 109 Å². The summed E-state index contributed by atoms with van der Waals surface area (Å²) in [4.78, 5) is 48.4. The minimum atomic E-state index is -4.78. The smallest absolute Gasteiger partial charge is 0.462 e. The standard InChI is InChI=1S/C62H101O11P/c1-4-7-10-13-16-19-22-25-27-28-29-30-32-35-38-41-44-47-50-53-62(66)73-59(55-69-60(64)51-48-45-42-39-36-33-24-21-18-15-12-9-6-3)57-71-74(67,68)70-56-58(54-63)72-61(65)52-49-46-43-40-37-34-31-26-23-20-17-14-11-8-5-2/h7-8,10-11,16-17,19-21,24-27,29-31,37,40,46,49,58-59,63H,4-6,9,12-15,18,22-23,28,32-36,38-39,41-45,47-48,50-57H2,1-3H3,(H,67,68)/b10-7-,11-8-,19-16-,20-17-,24-21-,27-25-,30-29-,31-26-,40-37-,49-46-. The molecule has 0 aliphatic carbocycles. The van der Waals surface area contributed by atoms with E-state index in [-0.39, 0.29) is 25.9 Å². The number of aliphatic hydroxyl groups is 1. The number of esters is 3. The van der Waals surface area contributed by atoms with E-state index in [9.17, 15) is 28.9 Å². The van der Waals surface area contributed by atoms with Crippen LogP contribution in [-0.2, 0) is 42.2 Å². The first-order chi connectivity index (χ1) is 36.2. The molecule has 12 heteroatoms. The van der Waals surface area contributed by atoms with Gasteiger partial charge in [0.15, 0.2) is 6.10 Å². The Bertz CT molecular complexity index is 1700. The number of carbonyl (C=O) groups excluding carboxylic acids is 3. The van der Waals surface area contributed by atoms with Gasteiger partial charge in [0.05, 0.1) is 26.2 Å². The third kappa shape index (κ3) is 52.7. The maximum atomic E-state index is 12.9. The first kappa shape index (κ1) is 69.9. The number of unbranched alkanes of at least 4 members (excludes halogenated alkanes) is 15. The fourth-order valence-corrected chi connectivity index (χ4v) is 7.91. The van der Waals surface area contributed by atoms with E-state index in [1.54, 1.807) is 6.08 Å². The van der Waals surface area contributed by atoms with Crippen molar-refractivity contribution in [1.82, 2.24) is 0 Å². The molecule has 0 amide bonds. The normalized spacial score (nSPS) is 14.3. The third-order valence-electron chi connectivity index (χ3n) is 11.4. The highest BCUT2D eigenvalue weighted by Gasteiger charge is 2.28. The number of carbonyl (C=O) groups is 3. The predicted molar refractivity (Wildman–Crippen MR) is 306 cm³/mol. The molecule has 0 spiro atoms. The van der Waals surface area contributed by atoms with Crippen molar-refractivity contribution in [1.29, 1.82) is 0 Å². The van der Waals surface area contributed by atoms with Crippen molar-refractivity contribution in [2.24, 2.45) is 0 Å². The Morgan fingerprint density at radius 3 is 1.20 bits per heavy atom. The lowest BCUT2D eigenvalue weighted by Crippen LogP contribution is -2.30. The van der Waals surface area contributed by atoms with Gasteiger partial charge < -0.3 is 24.2 Å². The van der Waals surface area contributed by atoms with Gasteiger partial charge >= 0.3 is 25.7 Å². The third-order valence-corrected chi connectivity index (χ3v) is 12.3. The van der Waals surface area contributed by atoms with Crippen LogP contribution in [0.2, 0.25) is 0 Å². The van der Waals surface area contributed by atoms with Crippen molar-refractivity contribution in [2.45, 2.75) is 226 Å². The second-order valence-corrected chi connectivity index (χ2v) is 19.8. The van der Waals surface area contributed by atoms with Crippen LogP contribution in [0.1, 0.15) is 213 Å². The Kier molecular flexibility index (Phi) is 52.1. The van der Waals surface area contributed by atoms with E-state index in [2.05, 4.69) is 118 Å². The van der Waals surface area contributed by atoms with Gasteiger partial charge in [-0.2, -0.15) is 0 Å². The summed E-state index contributed by atoms with van der Waals surface area (Å²) < 4.78 is 39.4. The molecule has 2 N–H and O–H groups in total. The van der Waals surface area contributed by atoms with Crippen molar-refractivity contribution in [3.63, 3.8) is 0 Å². The van der Waals surface area contributed by atoms with Crippen LogP contribution in [0.4, 0.5) is 0 Å². The van der Waals surface area contributed by atoms with Gasteiger partial charge in [0, 0.05) is 12.8 Å². The van der Waals surface area contributed by atoms with Crippen LogP contribution in [0.15, 0.2) is 122 Å². The van der Waals surface area contributed by atoms with Crippen molar-refractivity contribution < 1.29 is 52.2 Å². The molecule has 0 heterocycles. The largest absolute Gasteiger partial charge is 0.472 e. The lowest BCUT2D eigenvalue weighted by atomic mass is 10.1. The van der Waals surface area contributed by atoms with Crippen molar-refractivity contribution in [2.75, 3.05) is 26.4 Å². The summed E-state index contributed by atoms with van der Waals surface area (Å²) in [5, 5.41) is 9.79. The van der Waals surface area contributed by atoms with E-state index in [1.807, 2.05) is 18.2 Å². The van der Waals surface area contributed by atoms with Gasteiger partial charge in [0.25, 0.3) is 0 Å². The molecule has 0 radical (unpaired) electrons. The molecule has 0 fully saturated rings. The highest BCUT2D eigenvalue weighted by Crippen LogP contribution is 2.43. The molecule has 0 aliphatic heterocycles. The van der Waals surface area contributed by atoms with Crippen LogP contribution in [0, 0.1) is 0 Å². The van der Waals surface area contributed by atoms with Gasteiger partial charge in [0.2, 0.25) is 0 Å².